The van der Waals surface area contributed by atoms with Gasteiger partial charge < -0.3 is 5.32 Å². The van der Waals surface area contributed by atoms with Gasteiger partial charge in [-0.2, -0.15) is 0 Å². The van der Waals surface area contributed by atoms with Crippen LogP contribution in [0, 0.1) is 5.82 Å². The largest absolute Gasteiger partial charge is 0.301 e. The number of nitrogens with zero attached hydrogens (tertiary/aromatic N) is 1. The highest BCUT2D eigenvalue weighted by Crippen LogP contribution is 2.21. The molecule has 94 valence electrons. The molecule has 1 N–H and O–H groups in total. The molecule has 0 fully saturated rings. The van der Waals surface area contributed by atoms with Gasteiger partial charge in [-0.3, -0.25) is 4.79 Å². The molecule has 1 amide bonds. The molecule has 1 aromatic carbocycles. The minimum Gasteiger partial charge on any atom is -0.301 e. The van der Waals surface area contributed by atoms with Crippen LogP contribution in [-0.2, 0) is 11.2 Å². The zero-order valence-electron chi connectivity index (χ0n) is 9.32. The Morgan fingerprint density at radius 3 is 3.06 bits per heavy atom. The molecule has 2 rings (SSSR count). The third-order valence-electron chi connectivity index (χ3n) is 2.19. The van der Waals surface area contributed by atoms with Crippen molar-refractivity contribution in [2.45, 2.75) is 6.42 Å². The summed E-state index contributed by atoms with van der Waals surface area (Å²) in [6, 6.07) is 6.40. The van der Waals surface area contributed by atoms with E-state index in [-0.39, 0.29) is 17.6 Å². The molecule has 0 saturated carbocycles. The fraction of sp³-hybridized carbons (Fsp3) is 0.167. The fourth-order valence-corrected chi connectivity index (χ4v) is 2.38. The molecule has 0 bridgehead atoms. The van der Waals surface area contributed by atoms with E-state index in [2.05, 4.69) is 10.3 Å². The van der Waals surface area contributed by atoms with Crippen molar-refractivity contribution in [1.29, 1.82) is 0 Å². The summed E-state index contributed by atoms with van der Waals surface area (Å²) >= 11 is 6.73. The smallest absolute Gasteiger partial charge is 0.241 e. The molecule has 1 heterocycles. The second kappa shape index (κ2) is 5.93. The quantitative estimate of drug-likeness (QED) is 0.877. The van der Waals surface area contributed by atoms with Crippen LogP contribution in [0.2, 0.25) is 0 Å². The van der Waals surface area contributed by atoms with Crippen LogP contribution in [0.25, 0.3) is 0 Å². The van der Waals surface area contributed by atoms with Gasteiger partial charge in [-0.1, -0.05) is 12.1 Å². The predicted octanol–water partition coefficient (Wildman–Crippen LogP) is 3.05. The van der Waals surface area contributed by atoms with Gasteiger partial charge >= 0.3 is 0 Å². The molecule has 0 aliphatic carbocycles. The van der Waals surface area contributed by atoms with Crippen LogP contribution in [0.3, 0.4) is 0 Å². The minimum atomic E-state index is -0.289. The first-order chi connectivity index (χ1) is 8.67. The summed E-state index contributed by atoms with van der Waals surface area (Å²) in [7, 11) is 0. The van der Waals surface area contributed by atoms with Gasteiger partial charge in [0.05, 0.1) is 0 Å². The number of aromatic nitrogens is 1. The van der Waals surface area contributed by atoms with Gasteiger partial charge in [0, 0.05) is 17.5 Å². The molecule has 0 aliphatic rings. The third kappa shape index (κ3) is 3.51. The van der Waals surface area contributed by atoms with Gasteiger partial charge in [-0.05, 0) is 17.7 Å². The van der Waals surface area contributed by atoms with Crippen LogP contribution < -0.4 is 5.32 Å². The molecule has 0 atom stereocenters. The zero-order valence-corrected chi connectivity index (χ0v) is 10.9. The number of nitrogens with one attached hydrogen (secondary N) is 1. The molecule has 0 aliphatic heterocycles. The number of thiazole rings is 1. The van der Waals surface area contributed by atoms with E-state index < -0.39 is 0 Å². The van der Waals surface area contributed by atoms with Crippen molar-refractivity contribution in [3.05, 3.63) is 46.7 Å². The van der Waals surface area contributed by atoms with E-state index in [0.29, 0.717) is 11.6 Å². The maximum atomic E-state index is 13.0. The van der Waals surface area contributed by atoms with E-state index in [1.54, 1.807) is 12.3 Å². The van der Waals surface area contributed by atoms with E-state index >= 15 is 0 Å². The van der Waals surface area contributed by atoms with E-state index in [0.717, 1.165) is 10.4 Å². The summed E-state index contributed by atoms with van der Waals surface area (Å²) in [5.41, 5.74) is 0.869. The number of benzene rings is 1. The maximum Gasteiger partial charge on any atom is 0.241 e. The second-order valence-electron chi connectivity index (χ2n) is 3.62. The first kappa shape index (κ1) is 13.0. The van der Waals surface area contributed by atoms with Crippen molar-refractivity contribution in [2.75, 3.05) is 11.2 Å². The molecule has 0 radical (unpaired) electrons. The number of rotatable bonds is 4. The lowest BCUT2D eigenvalue weighted by atomic mass is 10.1. The topological polar surface area (TPSA) is 42.0 Å². The maximum absolute atomic E-state index is 13.0. The summed E-state index contributed by atoms with van der Waals surface area (Å²) in [5, 5.41) is 3.08. The van der Waals surface area contributed by atoms with Crippen molar-refractivity contribution in [1.82, 2.24) is 4.98 Å². The summed E-state index contributed by atoms with van der Waals surface area (Å²) in [5.74, 6) is -0.644. The number of halogens is 2. The third-order valence-corrected chi connectivity index (χ3v) is 3.34. The number of carbonyl (C=O) groups excluding carboxylic acids is 1. The number of hydrogen-bond acceptors (Lipinski definition) is 3. The fourth-order valence-electron chi connectivity index (χ4n) is 1.45. The monoisotopic (exact) mass is 284 g/mol. The first-order valence-electron chi connectivity index (χ1n) is 5.22. The zero-order chi connectivity index (χ0) is 13.0. The molecular formula is C12H10ClFN2OS. The van der Waals surface area contributed by atoms with Crippen LogP contribution in [-0.4, -0.2) is 16.8 Å². The number of amides is 1. The SMILES string of the molecule is O=C(CCl)Nc1ncc(Cc2cccc(F)c2)s1. The van der Waals surface area contributed by atoms with E-state index in [4.69, 9.17) is 11.6 Å². The number of alkyl halides is 1. The van der Waals surface area contributed by atoms with Crippen LogP contribution in [0.15, 0.2) is 30.5 Å². The molecule has 0 unspecified atom stereocenters. The number of anilines is 1. The average Bonchev–Trinajstić information content (AvgIpc) is 2.76. The normalized spacial score (nSPS) is 10.3. The summed E-state index contributed by atoms with van der Waals surface area (Å²) in [6.45, 7) is 0. The Hall–Kier alpha value is -1.46. The molecule has 1 aromatic heterocycles. The predicted molar refractivity (Wildman–Crippen MR) is 70.7 cm³/mol. The van der Waals surface area contributed by atoms with Crippen LogP contribution in [0.1, 0.15) is 10.4 Å². The van der Waals surface area contributed by atoms with Gasteiger partial charge in [0.1, 0.15) is 11.7 Å². The lowest BCUT2D eigenvalue weighted by molar-refractivity contribution is -0.113. The Kier molecular flexibility index (Phi) is 4.28. The summed E-state index contributed by atoms with van der Waals surface area (Å²) in [6.07, 6.45) is 2.26. The van der Waals surface area contributed by atoms with Crippen LogP contribution in [0.5, 0.6) is 0 Å². The van der Waals surface area contributed by atoms with Crippen molar-refractivity contribution < 1.29 is 9.18 Å². The first-order valence-corrected chi connectivity index (χ1v) is 6.57. The van der Waals surface area contributed by atoms with E-state index in [9.17, 15) is 9.18 Å². The average molecular weight is 285 g/mol. The molecule has 18 heavy (non-hydrogen) atoms. The lowest BCUT2D eigenvalue weighted by Crippen LogP contribution is -2.11. The second-order valence-corrected chi connectivity index (χ2v) is 5.00. The molecular weight excluding hydrogens is 275 g/mol. The Morgan fingerprint density at radius 2 is 2.33 bits per heavy atom. The Bertz CT molecular complexity index is 559. The van der Waals surface area contributed by atoms with Gasteiger partial charge in [0.15, 0.2) is 5.13 Å². The van der Waals surface area contributed by atoms with Gasteiger partial charge in [-0.15, -0.1) is 22.9 Å². The number of hydrogen-bond donors (Lipinski definition) is 1. The Labute approximate surface area is 113 Å². The van der Waals surface area contributed by atoms with Crippen molar-refractivity contribution >= 4 is 34.0 Å². The van der Waals surface area contributed by atoms with Crippen LogP contribution in [0.4, 0.5) is 9.52 Å². The van der Waals surface area contributed by atoms with Gasteiger partial charge in [0.2, 0.25) is 5.91 Å². The Balaban J connectivity index is 2.04. The van der Waals surface area contributed by atoms with Crippen molar-refractivity contribution in [2.24, 2.45) is 0 Å². The standard InChI is InChI=1S/C12H10ClFN2OS/c13-6-11(17)16-12-15-7-10(18-12)5-8-2-1-3-9(14)4-8/h1-4,7H,5-6H2,(H,15,16,17). The molecule has 2 aromatic rings. The van der Waals surface area contributed by atoms with E-state index in [1.807, 2.05) is 6.07 Å². The molecule has 0 saturated heterocycles. The lowest BCUT2D eigenvalue weighted by Gasteiger charge is -1.98. The number of carbonyl (C=O) groups is 1. The summed E-state index contributed by atoms with van der Waals surface area (Å²) < 4.78 is 13.0. The van der Waals surface area contributed by atoms with Crippen molar-refractivity contribution in [3.63, 3.8) is 0 Å². The van der Waals surface area contributed by atoms with Crippen molar-refractivity contribution in [3.8, 4) is 0 Å². The summed E-state index contributed by atoms with van der Waals surface area (Å²) in [4.78, 5) is 16.1. The minimum absolute atomic E-state index is 0.0984. The highest BCUT2D eigenvalue weighted by molar-refractivity contribution is 7.15. The highest BCUT2D eigenvalue weighted by Gasteiger charge is 2.06. The van der Waals surface area contributed by atoms with Crippen LogP contribution >= 0.6 is 22.9 Å². The Morgan fingerprint density at radius 1 is 1.50 bits per heavy atom. The van der Waals surface area contributed by atoms with E-state index in [1.165, 1.54) is 23.5 Å². The van der Waals surface area contributed by atoms with Gasteiger partial charge in [-0.25, -0.2) is 9.37 Å². The molecule has 3 nitrogen and oxygen atoms in total. The highest BCUT2D eigenvalue weighted by atomic mass is 35.5. The molecule has 0 spiro atoms. The molecule has 6 heteroatoms. The van der Waals surface area contributed by atoms with Gasteiger partial charge in [0.25, 0.3) is 0 Å².